The number of fused-ring (bicyclic) bond motifs is 1. The van der Waals surface area contributed by atoms with E-state index >= 15 is 0 Å². The Morgan fingerprint density at radius 1 is 1.09 bits per heavy atom. The molecule has 0 spiro atoms. The maximum Gasteiger partial charge on any atom is 0.340 e. The number of ether oxygens (including phenoxy) is 3. The first-order chi connectivity index (χ1) is 16.0. The second-order valence-corrected chi connectivity index (χ2v) is 10.6. The summed E-state index contributed by atoms with van der Waals surface area (Å²) < 4.78 is 33.7. The molecule has 0 amide bonds. The Hall–Kier alpha value is -2.56. The molecule has 0 radical (unpaired) electrons. The predicted octanol–water partition coefficient (Wildman–Crippen LogP) is 5.68. The van der Waals surface area contributed by atoms with Crippen molar-refractivity contribution in [2.45, 2.75) is 27.1 Å². The molecule has 2 N–H and O–H groups in total. The maximum atomic E-state index is 13.9. The number of aryl methyl sites for hydroxylation is 1. The molecule has 1 aliphatic rings. The summed E-state index contributed by atoms with van der Waals surface area (Å²) in [6.07, 6.45) is 0. The molecule has 0 atom stereocenters. The van der Waals surface area contributed by atoms with Crippen molar-refractivity contribution >= 4 is 47.2 Å². The van der Waals surface area contributed by atoms with Gasteiger partial charge in [-0.3, -0.25) is 5.73 Å². The summed E-state index contributed by atoms with van der Waals surface area (Å²) >= 11 is 0.885. The molecule has 0 bridgehead atoms. The van der Waals surface area contributed by atoms with Crippen molar-refractivity contribution in [1.82, 2.24) is 0 Å². The van der Waals surface area contributed by atoms with Crippen molar-refractivity contribution in [2.24, 2.45) is 5.73 Å². The van der Waals surface area contributed by atoms with Crippen LogP contribution in [-0.4, -0.2) is 16.2 Å². The fraction of sp³-hybridized carbons (Fsp3) is 0.200. The number of rotatable bonds is 8. The zero-order chi connectivity index (χ0) is 23.4. The smallest absolute Gasteiger partial charge is 0.340 e. The molecule has 1 aromatic heterocycles. The van der Waals surface area contributed by atoms with Gasteiger partial charge in [0, 0.05) is 22.8 Å². The van der Waals surface area contributed by atoms with Gasteiger partial charge in [-0.05, 0) is 47.1 Å². The van der Waals surface area contributed by atoms with Gasteiger partial charge < -0.3 is 14.2 Å². The second kappa shape index (κ2) is 10.6. The van der Waals surface area contributed by atoms with Crippen LogP contribution >= 0.6 is 32.1 Å². The van der Waals surface area contributed by atoms with E-state index in [1.54, 1.807) is 31.2 Å². The quantitative estimate of drug-likeness (QED) is 0.275. The summed E-state index contributed by atoms with van der Waals surface area (Å²) in [6, 6.07) is 12.1. The largest absolute Gasteiger partial charge is 0.489 e. The lowest BCUT2D eigenvalue weighted by atomic mass is 10.1. The van der Waals surface area contributed by atoms with E-state index in [0.29, 0.717) is 35.8 Å². The van der Waals surface area contributed by atoms with Gasteiger partial charge in [-0.2, -0.15) is 0 Å². The molecule has 2 aromatic carbocycles. The summed E-state index contributed by atoms with van der Waals surface area (Å²) in [4.78, 5) is 13.2. The van der Waals surface area contributed by atoms with Gasteiger partial charge in [0.05, 0.1) is 20.7 Å². The molecule has 4 rings (SSSR count). The minimum atomic E-state index is -0.589. The van der Waals surface area contributed by atoms with E-state index in [1.165, 1.54) is 17.4 Å². The van der Waals surface area contributed by atoms with Crippen LogP contribution in [0.5, 0.6) is 11.5 Å². The van der Waals surface area contributed by atoms with Crippen molar-refractivity contribution in [3.05, 3.63) is 84.9 Å². The third-order valence-corrected chi connectivity index (χ3v) is 8.10. The van der Waals surface area contributed by atoms with Crippen LogP contribution in [0, 0.1) is 12.7 Å². The van der Waals surface area contributed by atoms with Crippen molar-refractivity contribution in [1.29, 1.82) is 0 Å². The number of nitrogens with two attached hydrogens (primary N) is 1. The first kappa shape index (κ1) is 23.6. The molecular weight excluding hydrogens is 556 g/mol. The zero-order valence-corrected chi connectivity index (χ0v) is 21.2. The molecule has 1 aliphatic heterocycles. The van der Waals surface area contributed by atoms with Crippen LogP contribution < -0.4 is 15.2 Å². The SMILES string of the molecule is CCOC(=O)C1=CI=C(N)c2c(COc3cc(C)cc(OCc4ccccc4F)c3)csc21. The maximum absolute atomic E-state index is 13.9. The Morgan fingerprint density at radius 3 is 2.48 bits per heavy atom. The van der Waals surface area contributed by atoms with Gasteiger partial charge in [-0.1, -0.05) is 38.9 Å². The molecule has 0 saturated heterocycles. The fourth-order valence-electron chi connectivity index (χ4n) is 3.34. The van der Waals surface area contributed by atoms with Crippen molar-refractivity contribution in [2.75, 3.05) is 6.61 Å². The van der Waals surface area contributed by atoms with E-state index in [9.17, 15) is 9.18 Å². The molecule has 0 aliphatic carbocycles. The fourth-order valence-corrected chi connectivity index (χ4v) is 6.95. The zero-order valence-electron chi connectivity index (χ0n) is 18.2. The Kier molecular flexibility index (Phi) is 7.56. The summed E-state index contributed by atoms with van der Waals surface area (Å²) in [5, 5.41) is 1.98. The van der Waals surface area contributed by atoms with E-state index in [0.717, 1.165) is 25.2 Å². The lowest BCUT2D eigenvalue weighted by Crippen LogP contribution is -2.18. The van der Waals surface area contributed by atoms with Gasteiger partial charge >= 0.3 is 5.97 Å². The highest BCUT2D eigenvalue weighted by Gasteiger charge is 2.25. The molecule has 8 heteroatoms. The van der Waals surface area contributed by atoms with Crippen molar-refractivity contribution < 1.29 is 23.4 Å². The molecule has 0 saturated carbocycles. The Balaban J connectivity index is 1.48. The highest BCUT2D eigenvalue weighted by Crippen LogP contribution is 2.37. The van der Waals surface area contributed by atoms with Crippen LogP contribution in [0.1, 0.15) is 34.1 Å². The summed E-state index contributed by atoms with van der Waals surface area (Å²) in [7, 11) is 0. The molecule has 172 valence electrons. The predicted molar refractivity (Wildman–Crippen MR) is 137 cm³/mol. The highest BCUT2D eigenvalue weighted by atomic mass is 127. The normalized spacial score (nSPS) is 12.7. The van der Waals surface area contributed by atoms with E-state index in [2.05, 4.69) is 0 Å². The van der Waals surface area contributed by atoms with Gasteiger partial charge in [0.2, 0.25) is 0 Å². The average molecular weight is 579 g/mol. The van der Waals surface area contributed by atoms with Gasteiger partial charge in [0.25, 0.3) is 0 Å². The third-order valence-electron chi connectivity index (χ3n) is 4.90. The lowest BCUT2D eigenvalue weighted by molar-refractivity contribution is -0.136. The molecule has 0 unspecified atom stereocenters. The molecule has 0 fully saturated rings. The second-order valence-electron chi connectivity index (χ2n) is 7.32. The molecular formula is C25H23FINO4S. The lowest BCUT2D eigenvalue weighted by Gasteiger charge is -2.14. The van der Waals surface area contributed by atoms with Crippen LogP contribution in [0.25, 0.3) is 5.57 Å². The third kappa shape index (κ3) is 5.51. The summed E-state index contributed by atoms with van der Waals surface area (Å²) in [6.45, 7) is 4.51. The monoisotopic (exact) mass is 579 g/mol. The Bertz CT molecular complexity index is 1250. The van der Waals surface area contributed by atoms with Gasteiger partial charge in [0.1, 0.15) is 30.5 Å². The minimum Gasteiger partial charge on any atom is -0.489 e. The molecule has 33 heavy (non-hydrogen) atoms. The standard InChI is InChI=1S/C25H23FINO4S/c1-3-30-25(29)20-11-27-24(28)22-17(14-33-23(20)22)13-32-19-9-15(2)8-18(10-19)31-12-16-6-4-5-7-21(16)26/h4-11,14H,3,12-13,28H2,1-2H3. The number of carbonyl (C=O) groups excluding carboxylic acids is 1. The Labute approximate surface area is 205 Å². The first-order valence-corrected chi connectivity index (χ1v) is 13.5. The number of carbonyl (C=O) groups is 1. The van der Waals surface area contributed by atoms with Gasteiger partial charge in [-0.25, -0.2) is 9.18 Å². The van der Waals surface area contributed by atoms with E-state index < -0.39 is 20.7 Å². The number of benzene rings is 2. The van der Waals surface area contributed by atoms with Crippen molar-refractivity contribution in [3.8, 4) is 11.5 Å². The number of hydrogen-bond acceptors (Lipinski definition) is 6. The van der Waals surface area contributed by atoms with Crippen LogP contribution in [0.2, 0.25) is 0 Å². The summed E-state index contributed by atoms with van der Waals surface area (Å²) in [5.41, 5.74) is 10.2. The highest BCUT2D eigenvalue weighted by molar-refractivity contribution is 14.2. The topological polar surface area (TPSA) is 70.8 Å². The van der Waals surface area contributed by atoms with Gasteiger partial charge in [0.15, 0.2) is 0 Å². The Morgan fingerprint density at radius 2 is 1.79 bits per heavy atom. The molecule has 5 nitrogen and oxygen atoms in total. The van der Waals surface area contributed by atoms with Crippen LogP contribution in [0.3, 0.4) is 0 Å². The molecule has 3 aromatic rings. The number of esters is 1. The van der Waals surface area contributed by atoms with Crippen molar-refractivity contribution in [3.63, 3.8) is 0 Å². The van der Waals surface area contributed by atoms with Crippen LogP contribution in [0.4, 0.5) is 4.39 Å². The van der Waals surface area contributed by atoms with Crippen LogP contribution in [0.15, 0.2) is 51.9 Å². The molecule has 2 heterocycles. The number of thiophene rings is 1. The first-order valence-electron chi connectivity index (χ1n) is 10.3. The number of hydrogen-bond donors (Lipinski definition) is 1. The number of halogens is 2. The summed E-state index contributed by atoms with van der Waals surface area (Å²) in [5.74, 6) is 0.640. The van der Waals surface area contributed by atoms with Crippen LogP contribution in [-0.2, 0) is 22.7 Å². The van der Waals surface area contributed by atoms with E-state index in [1.807, 2.05) is 28.5 Å². The van der Waals surface area contributed by atoms with E-state index in [-0.39, 0.29) is 18.4 Å². The average Bonchev–Trinajstić information content (AvgIpc) is 3.22. The van der Waals surface area contributed by atoms with E-state index in [4.69, 9.17) is 19.9 Å². The minimum absolute atomic E-state index is 0.131. The van der Waals surface area contributed by atoms with Gasteiger partial charge in [-0.15, -0.1) is 11.3 Å².